The van der Waals surface area contributed by atoms with Gasteiger partial charge in [0.05, 0.1) is 6.61 Å². The van der Waals surface area contributed by atoms with Crippen molar-refractivity contribution in [3.05, 3.63) is 64.7 Å². The fourth-order valence-electron chi connectivity index (χ4n) is 1.76. The Bertz CT molecular complexity index is 584. The lowest BCUT2D eigenvalue weighted by atomic mass is 10.2. The zero-order valence-corrected chi connectivity index (χ0v) is 12.0. The summed E-state index contributed by atoms with van der Waals surface area (Å²) in [6.07, 6.45) is 0. The van der Waals surface area contributed by atoms with E-state index in [1.807, 2.05) is 43.3 Å². The third kappa shape index (κ3) is 4.08. The molecule has 1 N–H and O–H groups in total. The number of benzene rings is 2. The first-order chi connectivity index (χ1) is 9.66. The van der Waals surface area contributed by atoms with Gasteiger partial charge in [0.15, 0.2) is 0 Å². The first-order valence-corrected chi connectivity index (χ1v) is 6.71. The smallest absolute Gasteiger partial charge is 0.250 e. The second kappa shape index (κ2) is 7.08. The summed E-state index contributed by atoms with van der Waals surface area (Å²) in [4.78, 5) is 11.8. The van der Waals surface area contributed by atoms with Gasteiger partial charge in [0.2, 0.25) is 5.91 Å². The summed E-state index contributed by atoms with van der Waals surface area (Å²) in [6.45, 7) is 2.30. The molecule has 3 nitrogen and oxygen atoms in total. The van der Waals surface area contributed by atoms with Gasteiger partial charge in [0.1, 0.15) is 6.61 Å². The molecule has 2 rings (SSSR count). The molecule has 0 spiro atoms. The fourth-order valence-corrected chi connectivity index (χ4v) is 1.94. The maximum absolute atomic E-state index is 11.8. The van der Waals surface area contributed by atoms with Crippen molar-refractivity contribution in [3.8, 4) is 0 Å². The Morgan fingerprint density at radius 3 is 2.65 bits per heavy atom. The summed E-state index contributed by atoms with van der Waals surface area (Å²) in [5.41, 5.74) is 2.61. The average Bonchev–Trinajstić information content (AvgIpc) is 2.45. The molecule has 4 heteroatoms. The van der Waals surface area contributed by atoms with Gasteiger partial charge in [-0.15, -0.1) is 0 Å². The predicted molar refractivity (Wildman–Crippen MR) is 80.9 cm³/mol. The van der Waals surface area contributed by atoms with Gasteiger partial charge in [0, 0.05) is 10.7 Å². The van der Waals surface area contributed by atoms with Crippen molar-refractivity contribution in [2.24, 2.45) is 0 Å². The molecular weight excluding hydrogens is 274 g/mol. The monoisotopic (exact) mass is 289 g/mol. The molecule has 0 heterocycles. The lowest BCUT2D eigenvalue weighted by molar-refractivity contribution is -0.121. The summed E-state index contributed by atoms with van der Waals surface area (Å²) < 4.78 is 5.38. The zero-order valence-electron chi connectivity index (χ0n) is 11.2. The number of hydrogen-bond acceptors (Lipinski definition) is 2. The van der Waals surface area contributed by atoms with Crippen molar-refractivity contribution in [2.45, 2.75) is 13.5 Å². The Kier molecular flexibility index (Phi) is 5.16. The van der Waals surface area contributed by atoms with Gasteiger partial charge in [0.25, 0.3) is 0 Å². The van der Waals surface area contributed by atoms with Crippen LogP contribution in [0.5, 0.6) is 0 Å². The number of nitrogens with one attached hydrogen (secondary N) is 1. The van der Waals surface area contributed by atoms with Crippen LogP contribution in [0.25, 0.3) is 0 Å². The number of amides is 1. The highest BCUT2D eigenvalue weighted by Gasteiger charge is 2.06. The highest BCUT2D eigenvalue weighted by atomic mass is 35.5. The Morgan fingerprint density at radius 1 is 1.15 bits per heavy atom. The second-order valence-corrected chi connectivity index (χ2v) is 4.85. The molecule has 0 fully saturated rings. The predicted octanol–water partition coefficient (Wildman–Crippen LogP) is 3.80. The number of hydrogen-bond donors (Lipinski definition) is 1. The molecule has 0 atom stereocenters. The van der Waals surface area contributed by atoms with E-state index >= 15 is 0 Å². The molecule has 0 aliphatic heterocycles. The highest BCUT2D eigenvalue weighted by Crippen LogP contribution is 2.22. The summed E-state index contributed by atoms with van der Waals surface area (Å²) >= 11 is 6.00. The quantitative estimate of drug-likeness (QED) is 0.909. The van der Waals surface area contributed by atoms with Crippen LogP contribution in [0, 0.1) is 6.92 Å². The van der Waals surface area contributed by atoms with Crippen LogP contribution >= 0.6 is 11.6 Å². The van der Waals surface area contributed by atoms with E-state index in [1.165, 1.54) is 0 Å². The molecule has 0 aliphatic rings. The van der Waals surface area contributed by atoms with Crippen LogP contribution in [0.15, 0.2) is 48.5 Å². The minimum Gasteiger partial charge on any atom is -0.367 e. The standard InChI is InChI=1S/C16H16ClNO2/c1-12-14(17)8-5-9-15(12)18-16(19)11-20-10-13-6-3-2-4-7-13/h2-9H,10-11H2,1H3,(H,18,19). The fraction of sp³-hybridized carbons (Fsp3) is 0.188. The van der Waals surface area contributed by atoms with Crippen molar-refractivity contribution in [1.29, 1.82) is 0 Å². The van der Waals surface area contributed by atoms with Crippen LogP contribution in [0.3, 0.4) is 0 Å². The second-order valence-electron chi connectivity index (χ2n) is 4.44. The van der Waals surface area contributed by atoms with Gasteiger partial charge >= 0.3 is 0 Å². The van der Waals surface area contributed by atoms with E-state index in [1.54, 1.807) is 12.1 Å². The zero-order chi connectivity index (χ0) is 14.4. The number of rotatable bonds is 5. The van der Waals surface area contributed by atoms with Gasteiger partial charge < -0.3 is 10.1 Å². The van der Waals surface area contributed by atoms with Crippen molar-refractivity contribution in [2.75, 3.05) is 11.9 Å². The molecule has 2 aromatic rings. The molecule has 0 unspecified atom stereocenters. The minimum atomic E-state index is -0.189. The topological polar surface area (TPSA) is 38.3 Å². The van der Waals surface area contributed by atoms with Crippen LogP contribution < -0.4 is 5.32 Å². The van der Waals surface area contributed by atoms with E-state index < -0.39 is 0 Å². The summed E-state index contributed by atoms with van der Waals surface area (Å²) in [7, 11) is 0. The number of carbonyl (C=O) groups is 1. The van der Waals surface area contributed by atoms with E-state index in [4.69, 9.17) is 16.3 Å². The average molecular weight is 290 g/mol. The van der Waals surface area contributed by atoms with Crippen molar-refractivity contribution >= 4 is 23.2 Å². The summed E-state index contributed by atoms with van der Waals surface area (Å²) in [5.74, 6) is -0.189. The largest absolute Gasteiger partial charge is 0.367 e. The number of carbonyl (C=O) groups excluding carboxylic acids is 1. The summed E-state index contributed by atoms with van der Waals surface area (Å²) in [6, 6.07) is 15.1. The van der Waals surface area contributed by atoms with Gasteiger partial charge in [-0.2, -0.15) is 0 Å². The molecular formula is C16H16ClNO2. The van der Waals surface area contributed by atoms with E-state index in [9.17, 15) is 4.79 Å². The van der Waals surface area contributed by atoms with Crippen molar-refractivity contribution in [1.82, 2.24) is 0 Å². The van der Waals surface area contributed by atoms with Gasteiger partial charge in [-0.05, 0) is 30.2 Å². The lowest BCUT2D eigenvalue weighted by Gasteiger charge is -2.09. The van der Waals surface area contributed by atoms with Gasteiger partial charge in [-0.25, -0.2) is 0 Å². The van der Waals surface area contributed by atoms with Crippen LogP contribution in [0.1, 0.15) is 11.1 Å². The maximum Gasteiger partial charge on any atom is 0.250 e. The Labute approximate surface area is 123 Å². The van der Waals surface area contributed by atoms with Crippen LogP contribution in [0.4, 0.5) is 5.69 Å². The van der Waals surface area contributed by atoms with E-state index in [-0.39, 0.29) is 12.5 Å². The molecule has 1 amide bonds. The lowest BCUT2D eigenvalue weighted by Crippen LogP contribution is -2.18. The molecule has 0 aromatic heterocycles. The maximum atomic E-state index is 11.8. The van der Waals surface area contributed by atoms with E-state index in [2.05, 4.69) is 5.32 Å². The molecule has 0 saturated carbocycles. The van der Waals surface area contributed by atoms with Crippen molar-refractivity contribution < 1.29 is 9.53 Å². The number of ether oxygens (including phenoxy) is 1. The third-order valence-electron chi connectivity index (χ3n) is 2.89. The van der Waals surface area contributed by atoms with E-state index in [0.29, 0.717) is 17.3 Å². The van der Waals surface area contributed by atoms with Crippen LogP contribution in [0.2, 0.25) is 5.02 Å². The molecule has 0 bridgehead atoms. The Balaban J connectivity index is 1.82. The number of halogens is 1. The Hall–Kier alpha value is -1.84. The minimum absolute atomic E-state index is 0.0147. The molecule has 0 saturated heterocycles. The third-order valence-corrected chi connectivity index (χ3v) is 3.30. The molecule has 104 valence electrons. The normalized spacial score (nSPS) is 10.3. The molecule has 0 radical (unpaired) electrons. The first kappa shape index (κ1) is 14.6. The molecule has 20 heavy (non-hydrogen) atoms. The SMILES string of the molecule is Cc1c(Cl)cccc1NC(=O)COCc1ccccc1. The highest BCUT2D eigenvalue weighted by molar-refractivity contribution is 6.31. The molecule has 0 aliphatic carbocycles. The van der Waals surface area contributed by atoms with Crippen LogP contribution in [-0.2, 0) is 16.1 Å². The first-order valence-electron chi connectivity index (χ1n) is 6.33. The number of anilines is 1. The van der Waals surface area contributed by atoms with Crippen LogP contribution in [-0.4, -0.2) is 12.5 Å². The molecule has 2 aromatic carbocycles. The Morgan fingerprint density at radius 2 is 1.90 bits per heavy atom. The van der Waals surface area contributed by atoms with Crippen molar-refractivity contribution in [3.63, 3.8) is 0 Å². The summed E-state index contributed by atoms with van der Waals surface area (Å²) in [5, 5.41) is 3.42. The van der Waals surface area contributed by atoms with Gasteiger partial charge in [-0.3, -0.25) is 4.79 Å². The van der Waals surface area contributed by atoms with E-state index in [0.717, 1.165) is 11.1 Å². The van der Waals surface area contributed by atoms with Gasteiger partial charge in [-0.1, -0.05) is 48.0 Å².